The van der Waals surface area contributed by atoms with Gasteiger partial charge in [-0.2, -0.15) is 0 Å². The molecule has 1 rings (SSSR count). The van der Waals surface area contributed by atoms with Gasteiger partial charge in [0.15, 0.2) is 0 Å². The zero-order valence-electron chi connectivity index (χ0n) is 10.7. The molecule has 0 unspecified atom stereocenters. The highest BCUT2D eigenvalue weighted by molar-refractivity contribution is 5.49. The molecule has 2 heteroatoms. The minimum absolute atomic E-state index is 0.604. The highest BCUT2D eigenvalue weighted by Gasteiger charge is 1.94. The molecule has 0 heterocycles. The molecule has 0 atom stereocenters. The zero-order valence-corrected chi connectivity index (χ0v) is 10.7. The second kappa shape index (κ2) is 8.82. The Morgan fingerprint density at radius 1 is 1.18 bits per heavy atom. The van der Waals surface area contributed by atoms with Crippen LogP contribution in [0.2, 0.25) is 0 Å². The van der Waals surface area contributed by atoms with Crippen molar-refractivity contribution in [2.24, 2.45) is 0 Å². The van der Waals surface area contributed by atoms with E-state index in [-0.39, 0.29) is 0 Å². The summed E-state index contributed by atoms with van der Waals surface area (Å²) in [5, 5.41) is 0. The van der Waals surface area contributed by atoms with Gasteiger partial charge in [-0.05, 0) is 24.1 Å². The molecule has 0 bridgehead atoms. The molecule has 0 N–H and O–H groups in total. The second-order valence-electron chi connectivity index (χ2n) is 3.94. The van der Waals surface area contributed by atoms with Crippen LogP contribution in [0.5, 0.6) is 5.75 Å². The van der Waals surface area contributed by atoms with Gasteiger partial charge in [0.05, 0.1) is 6.61 Å². The highest BCUT2D eigenvalue weighted by Crippen LogP contribution is 2.13. The van der Waals surface area contributed by atoms with Gasteiger partial charge in [-0.3, -0.25) is 0 Å². The molecule has 0 aromatic heterocycles. The summed E-state index contributed by atoms with van der Waals surface area (Å²) < 4.78 is 11.1. The maximum absolute atomic E-state index is 5.58. The average Bonchev–Trinajstić information content (AvgIpc) is 2.38. The molecule has 0 saturated carbocycles. The first-order valence-corrected chi connectivity index (χ1v) is 6.30. The summed E-state index contributed by atoms with van der Waals surface area (Å²) in [6, 6.07) is 7.89. The van der Waals surface area contributed by atoms with Gasteiger partial charge in [0.1, 0.15) is 12.4 Å². The molecule has 0 saturated heterocycles. The van der Waals surface area contributed by atoms with Crippen LogP contribution in [0.1, 0.15) is 31.7 Å². The third kappa shape index (κ3) is 6.12. The smallest absolute Gasteiger partial charge is 0.120 e. The number of hydrogen-bond acceptors (Lipinski definition) is 2. The van der Waals surface area contributed by atoms with Crippen LogP contribution in [0.3, 0.4) is 0 Å². The Hall–Kier alpha value is -1.28. The Balaban J connectivity index is 2.11. The number of benzene rings is 1. The van der Waals surface area contributed by atoms with Gasteiger partial charge in [-0.1, -0.05) is 44.6 Å². The van der Waals surface area contributed by atoms with E-state index in [0.717, 1.165) is 24.3 Å². The second-order valence-corrected chi connectivity index (χ2v) is 3.94. The number of unbranched alkanes of at least 4 members (excludes halogenated alkanes) is 2. The van der Waals surface area contributed by atoms with Crippen LogP contribution in [0.25, 0.3) is 6.08 Å². The molecule has 94 valence electrons. The van der Waals surface area contributed by atoms with E-state index < -0.39 is 0 Å². The average molecular weight is 234 g/mol. The molecule has 0 aliphatic rings. The Morgan fingerprint density at radius 3 is 2.82 bits per heavy atom. The highest BCUT2D eigenvalue weighted by atomic mass is 16.5. The fraction of sp³-hybridized carbons (Fsp3) is 0.467. The normalized spacial score (nSPS) is 10.2. The maximum Gasteiger partial charge on any atom is 0.120 e. The van der Waals surface area contributed by atoms with Gasteiger partial charge in [0.25, 0.3) is 0 Å². The fourth-order valence-electron chi connectivity index (χ4n) is 1.51. The van der Waals surface area contributed by atoms with Crippen LogP contribution in [-0.2, 0) is 4.74 Å². The summed E-state index contributed by atoms with van der Waals surface area (Å²) >= 11 is 0. The summed E-state index contributed by atoms with van der Waals surface area (Å²) in [6.45, 7) is 8.02. The molecule has 17 heavy (non-hydrogen) atoms. The molecule has 2 nitrogen and oxygen atoms in total. The van der Waals surface area contributed by atoms with Crippen LogP contribution in [0, 0.1) is 0 Å². The van der Waals surface area contributed by atoms with Crippen molar-refractivity contribution in [3.63, 3.8) is 0 Å². The molecule has 0 aliphatic carbocycles. The van der Waals surface area contributed by atoms with Gasteiger partial charge in [-0.25, -0.2) is 0 Å². The van der Waals surface area contributed by atoms with E-state index in [1.54, 1.807) is 0 Å². The van der Waals surface area contributed by atoms with Gasteiger partial charge < -0.3 is 9.47 Å². The predicted octanol–water partition coefficient (Wildman–Crippen LogP) is 3.92. The lowest BCUT2D eigenvalue weighted by Gasteiger charge is -2.07. The van der Waals surface area contributed by atoms with Crippen LogP contribution in [0.4, 0.5) is 0 Å². The predicted molar refractivity (Wildman–Crippen MR) is 72.4 cm³/mol. The fourth-order valence-corrected chi connectivity index (χ4v) is 1.51. The summed E-state index contributed by atoms with van der Waals surface area (Å²) in [5.41, 5.74) is 1.08. The van der Waals surface area contributed by atoms with Crippen LogP contribution in [-0.4, -0.2) is 19.8 Å². The Morgan fingerprint density at radius 2 is 2.06 bits per heavy atom. The van der Waals surface area contributed by atoms with E-state index in [1.807, 2.05) is 30.3 Å². The lowest BCUT2D eigenvalue weighted by atomic mass is 10.2. The molecule has 0 fully saturated rings. The summed E-state index contributed by atoms with van der Waals surface area (Å²) in [4.78, 5) is 0. The van der Waals surface area contributed by atoms with Crippen molar-refractivity contribution in [1.82, 2.24) is 0 Å². The topological polar surface area (TPSA) is 18.5 Å². The third-order valence-electron chi connectivity index (χ3n) is 2.48. The van der Waals surface area contributed by atoms with Crippen molar-refractivity contribution in [2.75, 3.05) is 19.8 Å². The Kier molecular flexibility index (Phi) is 7.15. The van der Waals surface area contributed by atoms with E-state index in [1.165, 1.54) is 12.8 Å². The van der Waals surface area contributed by atoms with Crippen molar-refractivity contribution in [1.29, 1.82) is 0 Å². The molecule has 0 amide bonds. The molecule has 0 radical (unpaired) electrons. The van der Waals surface area contributed by atoms with Crippen molar-refractivity contribution < 1.29 is 9.47 Å². The monoisotopic (exact) mass is 234 g/mol. The maximum atomic E-state index is 5.58. The molecule has 1 aromatic rings. The molecular weight excluding hydrogens is 212 g/mol. The van der Waals surface area contributed by atoms with Gasteiger partial charge in [-0.15, -0.1) is 0 Å². The Bertz CT molecular complexity index is 320. The largest absolute Gasteiger partial charge is 0.491 e. The van der Waals surface area contributed by atoms with Crippen molar-refractivity contribution in [3.05, 3.63) is 36.4 Å². The minimum Gasteiger partial charge on any atom is -0.491 e. The van der Waals surface area contributed by atoms with Gasteiger partial charge >= 0.3 is 0 Å². The number of ether oxygens (including phenoxy) is 2. The van der Waals surface area contributed by atoms with E-state index >= 15 is 0 Å². The minimum atomic E-state index is 0.604. The van der Waals surface area contributed by atoms with Crippen molar-refractivity contribution >= 4 is 6.08 Å². The first-order valence-electron chi connectivity index (χ1n) is 6.30. The molecule has 0 spiro atoms. The zero-order chi connectivity index (χ0) is 12.3. The van der Waals surface area contributed by atoms with E-state index in [4.69, 9.17) is 9.47 Å². The van der Waals surface area contributed by atoms with Crippen LogP contribution >= 0.6 is 0 Å². The molecule has 1 aromatic carbocycles. The van der Waals surface area contributed by atoms with Gasteiger partial charge in [0, 0.05) is 6.61 Å². The first-order chi connectivity index (χ1) is 8.36. The SMILES string of the molecule is C=Cc1cccc(OCCOCCCCC)c1. The molecule has 0 aliphatic heterocycles. The van der Waals surface area contributed by atoms with Crippen LogP contribution in [0.15, 0.2) is 30.8 Å². The first kappa shape index (κ1) is 13.8. The lowest BCUT2D eigenvalue weighted by molar-refractivity contribution is 0.0973. The van der Waals surface area contributed by atoms with Crippen LogP contribution < -0.4 is 4.74 Å². The lowest BCUT2D eigenvalue weighted by Crippen LogP contribution is -2.07. The molecular formula is C15H22O2. The summed E-state index contributed by atoms with van der Waals surface area (Å²) in [7, 11) is 0. The van der Waals surface area contributed by atoms with E-state index in [2.05, 4.69) is 13.5 Å². The number of rotatable bonds is 9. The summed E-state index contributed by atoms with van der Waals surface area (Å²) in [5.74, 6) is 0.875. The standard InChI is InChI=1S/C15H22O2/c1-3-5-6-10-16-11-12-17-15-9-7-8-14(4-2)13-15/h4,7-9,13H,2-3,5-6,10-12H2,1H3. The quantitative estimate of drug-likeness (QED) is 0.603. The number of hydrogen-bond donors (Lipinski definition) is 0. The van der Waals surface area contributed by atoms with E-state index in [9.17, 15) is 0 Å². The van der Waals surface area contributed by atoms with Crippen molar-refractivity contribution in [2.45, 2.75) is 26.2 Å². The van der Waals surface area contributed by atoms with Gasteiger partial charge in [0.2, 0.25) is 0 Å². The Labute approximate surface area is 104 Å². The summed E-state index contributed by atoms with van der Waals surface area (Å²) in [6.07, 6.45) is 5.42. The van der Waals surface area contributed by atoms with Crippen molar-refractivity contribution in [3.8, 4) is 5.75 Å². The third-order valence-corrected chi connectivity index (χ3v) is 2.48. The van der Waals surface area contributed by atoms with E-state index in [0.29, 0.717) is 13.2 Å².